The van der Waals surface area contributed by atoms with Gasteiger partial charge in [-0.3, -0.25) is 9.89 Å². The summed E-state index contributed by atoms with van der Waals surface area (Å²) < 4.78 is 0. The van der Waals surface area contributed by atoms with Crippen molar-refractivity contribution in [1.29, 1.82) is 0 Å². The van der Waals surface area contributed by atoms with Gasteiger partial charge < -0.3 is 5.32 Å². The van der Waals surface area contributed by atoms with E-state index in [9.17, 15) is 4.79 Å². The van der Waals surface area contributed by atoms with Gasteiger partial charge in [-0.25, -0.2) is 0 Å². The van der Waals surface area contributed by atoms with Crippen LogP contribution in [-0.2, 0) is 4.79 Å². The number of aromatic amines is 1. The van der Waals surface area contributed by atoms with E-state index in [4.69, 9.17) is 0 Å². The quantitative estimate of drug-likeness (QED) is 0.812. The van der Waals surface area contributed by atoms with Gasteiger partial charge in [0.25, 0.3) is 0 Å². The molecule has 1 aromatic carbocycles. The third-order valence-electron chi connectivity index (χ3n) is 3.31. The number of nitrogens with zero attached hydrogens (tertiary/aromatic N) is 1. The molecule has 1 aliphatic carbocycles. The zero-order valence-corrected chi connectivity index (χ0v) is 10.0. The van der Waals surface area contributed by atoms with E-state index in [2.05, 4.69) is 27.7 Å². The van der Waals surface area contributed by atoms with Gasteiger partial charge in [-0.05, 0) is 24.8 Å². The van der Waals surface area contributed by atoms with Gasteiger partial charge >= 0.3 is 0 Å². The predicted molar refractivity (Wildman–Crippen MR) is 71.2 cm³/mol. The first-order valence-corrected chi connectivity index (χ1v) is 6.21. The molecule has 92 valence electrons. The first-order chi connectivity index (χ1) is 8.83. The van der Waals surface area contributed by atoms with Crippen molar-refractivity contribution in [2.45, 2.75) is 19.3 Å². The van der Waals surface area contributed by atoms with E-state index in [1.807, 2.05) is 18.2 Å². The Balaban J connectivity index is 1.73. The number of fused-ring (bicyclic) bond motifs is 1. The molecule has 1 atom stereocenters. The van der Waals surface area contributed by atoms with Gasteiger partial charge in [-0.15, -0.1) is 0 Å². The molecule has 2 N–H and O–H groups in total. The lowest BCUT2D eigenvalue weighted by molar-refractivity contribution is -0.116. The van der Waals surface area contributed by atoms with Gasteiger partial charge in [-0.1, -0.05) is 24.3 Å². The highest BCUT2D eigenvalue weighted by Gasteiger charge is 2.14. The number of hydrogen-bond acceptors (Lipinski definition) is 2. The summed E-state index contributed by atoms with van der Waals surface area (Å²) in [4.78, 5) is 12.0. The van der Waals surface area contributed by atoms with E-state index in [1.54, 1.807) is 6.20 Å². The normalized spacial score (nSPS) is 18.3. The molecule has 0 bridgehead atoms. The second-order valence-corrected chi connectivity index (χ2v) is 4.66. The molecule has 0 spiro atoms. The Morgan fingerprint density at radius 1 is 1.50 bits per heavy atom. The molecule has 0 radical (unpaired) electrons. The van der Waals surface area contributed by atoms with Crippen molar-refractivity contribution in [1.82, 2.24) is 10.2 Å². The lowest BCUT2D eigenvalue weighted by atomic mass is 10.0. The number of hydrogen-bond donors (Lipinski definition) is 2. The maximum Gasteiger partial charge on any atom is 0.225 e. The summed E-state index contributed by atoms with van der Waals surface area (Å²) in [6.45, 7) is 0. The zero-order valence-electron chi connectivity index (χ0n) is 10.0. The van der Waals surface area contributed by atoms with Crippen LogP contribution >= 0.6 is 0 Å². The number of carbonyl (C=O) groups excluding carboxylic acids is 1. The van der Waals surface area contributed by atoms with Crippen LogP contribution in [0.4, 0.5) is 5.69 Å². The lowest BCUT2D eigenvalue weighted by Gasteiger charge is -2.09. The first kappa shape index (κ1) is 11.0. The lowest BCUT2D eigenvalue weighted by Crippen LogP contribution is -2.15. The van der Waals surface area contributed by atoms with Crippen LogP contribution in [0.15, 0.2) is 36.5 Å². The summed E-state index contributed by atoms with van der Waals surface area (Å²) in [5, 5.41) is 10.9. The smallest absolute Gasteiger partial charge is 0.225 e. The highest BCUT2D eigenvalue weighted by molar-refractivity contribution is 6.00. The molecule has 1 unspecified atom stereocenters. The van der Waals surface area contributed by atoms with E-state index < -0.39 is 0 Å². The minimum atomic E-state index is 0.0636. The highest BCUT2D eigenvalue weighted by Crippen LogP contribution is 2.23. The number of rotatable bonds is 3. The number of nitrogens with one attached hydrogen (secondary N) is 2. The third-order valence-corrected chi connectivity index (χ3v) is 3.31. The van der Waals surface area contributed by atoms with Gasteiger partial charge in [-0.2, -0.15) is 5.10 Å². The van der Waals surface area contributed by atoms with Crippen molar-refractivity contribution in [3.8, 4) is 0 Å². The molecule has 0 fully saturated rings. The Labute approximate surface area is 105 Å². The van der Waals surface area contributed by atoms with Gasteiger partial charge in [0, 0.05) is 11.8 Å². The van der Waals surface area contributed by atoms with Crippen molar-refractivity contribution in [2.24, 2.45) is 5.92 Å². The topological polar surface area (TPSA) is 57.8 Å². The molecule has 2 aromatic rings. The maximum atomic E-state index is 12.0. The van der Waals surface area contributed by atoms with Crippen molar-refractivity contribution in [3.05, 3.63) is 36.5 Å². The molecule has 1 aliphatic rings. The molecule has 0 saturated heterocycles. The number of amides is 1. The third kappa shape index (κ3) is 2.14. The fraction of sp³-hybridized carbons (Fsp3) is 0.286. The van der Waals surface area contributed by atoms with Crippen molar-refractivity contribution >= 4 is 22.5 Å². The minimum absolute atomic E-state index is 0.0636. The Morgan fingerprint density at radius 2 is 2.44 bits per heavy atom. The standard InChI is InChI=1S/C14H15N3O/c18-13(8-10-4-1-2-5-10)16-12-7-3-6-11-9-15-17-14(11)12/h1,3-4,6-7,9-10H,2,5,8H2,(H,15,17)(H,16,18). The van der Waals surface area contributed by atoms with E-state index in [1.165, 1.54) is 0 Å². The summed E-state index contributed by atoms with van der Waals surface area (Å²) in [6.07, 6.45) is 8.77. The zero-order chi connectivity index (χ0) is 12.4. The Kier molecular flexibility index (Phi) is 2.84. The van der Waals surface area contributed by atoms with Crippen molar-refractivity contribution in [2.75, 3.05) is 5.32 Å². The Bertz CT molecular complexity index is 600. The molecule has 1 amide bonds. The monoisotopic (exact) mass is 241 g/mol. The number of benzene rings is 1. The summed E-state index contributed by atoms with van der Waals surface area (Å²) in [6, 6.07) is 5.78. The average Bonchev–Trinajstić information content (AvgIpc) is 2.99. The molecule has 4 heteroatoms. The highest BCUT2D eigenvalue weighted by atomic mass is 16.1. The van der Waals surface area contributed by atoms with Crippen LogP contribution in [0.5, 0.6) is 0 Å². The molecule has 1 aromatic heterocycles. The van der Waals surface area contributed by atoms with E-state index in [-0.39, 0.29) is 5.91 Å². The van der Waals surface area contributed by atoms with Crippen LogP contribution in [0.2, 0.25) is 0 Å². The van der Waals surface area contributed by atoms with Crippen LogP contribution in [0.25, 0.3) is 10.9 Å². The molecular weight excluding hydrogens is 226 g/mol. The summed E-state index contributed by atoms with van der Waals surface area (Å²) in [5.74, 6) is 0.458. The van der Waals surface area contributed by atoms with E-state index in [0.717, 1.165) is 29.4 Å². The average molecular weight is 241 g/mol. The molecule has 3 rings (SSSR count). The summed E-state index contributed by atoms with van der Waals surface area (Å²) in [5.41, 5.74) is 1.68. The molecule has 0 aliphatic heterocycles. The van der Waals surface area contributed by atoms with Gasteiger partial charge in [0.2, 0.25) is 5.91 Å². The van der Waals surface area contributed by atoms with Gasteiger partial charge in [0.1, 0.15) is 0 Å². The van der Waals surface area contributed by atoms with Crippen LogP contribution in [0.1, 0.15) is 19.3 Å². The first-order valence-electron chi connectivity index (χ1n) is 6.21. The van der Waals surface area contributed by atoms with Crippen molar-refractivity contribution < 1.29 is 4.79 Å². The number of aromatic nitrogens is 2. The summed E-state index contributed by atoms with van der Waals surface area (Å²) in [7, 11) is 0. The van der Waals surface area contributed by atoms with E-state index in [0.29, 0.717) is 12.3 Å². The molecule has 1 heterocycles. The predicted octanol–water partition coefficient (Wildman–Crippen LogP) is 2.86. The molecule has 0 saturated carbocycles. The number of allylic oxidation sites excluding steroid dienone is 2. The molecular formula is C14H15N3O. The Hall–Kier alpha value is -2.10. The van der Waals surface area contributed by atoms with Crippen LogP contribution in [0, 0.1) is 5.92 Å². The Morgan fingerprint density at radius 3 is 3.28 bits per heavy atom. The second kappa shape index (κ2) is 4.64. The number of carbonyl (C=O) groups is 1. The minimum Gasteiger partial charge on any atom is -0.324 e. The summed E-state index contributed by atoms with van der Waals surface area (Å²) >= 11 is 0. The van der Waals surface area contributed by atoms with Gasteiger partial charge in [0.15, 0.2) is 0 Å². The SMILES string of the molecule is O=C(CC1C=CCC1)Nc1cccc2cn[nH]c12. The molecule has 18 heavy (non-hydrogen) atoms. The van der Waals surface area contributed by atoms with Crippen molar-refractivity contribution in [3.63, 3.8) is 0 Å². The fourth-order valence-corrected chi connectivity index (χ4v) is 2.38. The van der Waals surface area contributed by atoms with Gasteiger partial charge in [0.05, 0.1) is 17.4 Å². The van der Waals surface area contributed by atoms with Crippen LogP contribution in [0.3, 0.4) is 0 Å². The number of anilines is 1. The second-order valence-electron chi connectivity index (χ2n) is 4.66. The largest absolute Gasteiger partial charge is 0.324 e. The number of H-pyrrole nitrogens is 1. The van der Waals surface area contributed by atoms with Crippen LogP contribution < -0.4 is 5.32 Å². The van der Waals surface area contributed by atoms with E-state index >= 15 is 0 Å². The fourth-order valence-electron chi connectivity index (χ4n) is 2.38. The molecule has 4 nitrogen and oxygen atoms in total. The maximum absolute atomic E-state index is 12.0. The number of para-hydroxylation sites is 1. The van der Waals surface area contributed by atoms with Crippen LogP contribution in [-0.4, -0.2) is 16.1 Å².